The second-order valence-corrected chi connectivity index (χ2v) is 7.40. The van der Waals surface area contributed by atoms with E-state index in [1.165, 1.54) is 0 Å². The first kappa shape index (κ1) is 20.9. The van der Waals surface area contributed by atoms with E-state index in [0.717, 1.165) is 42.1 Å². The molecule has 26 heavy (non-hydrogen) atoms. The highest BCUT2D eigenvalue weighted by Gasteiger charge is 2.12. The van der Waals surface area contributed by atoms with Crippen molar-refractivity contribution in [3.05, 3.63) is 57.6 Å². The van der Waals surface area contributed by atoms with Gasteiger partial charge in [-0.1, -0.05) is 55.2 Å². The van der Waals surface area contributed by atoms with Crippen molar-refractivity contribution in [3.8, 4) is 11.5 Å². The largest absolute Gasteiger partial charge is 0.490 e. The van der Waals surface area contributed by atoms with E-state index in [4.69, 9.17) is 32.7 Å². The van der Waals surface area contributed by atoms with Crippen molar-refractivity contribution in [2.75, 3.05) is 13.2 Å². The summed E-state index contributed by atoms with van der Waals surface area (Å²) in [6.07, 6.45) is 1.14. The molecule has 0 aliphatic heterocycles. The number of hydrogen-bond donors (Lipinski definition) is 1. The number of halogens is 2. The number of benzene rings is 2. The lowest BCUT2D eigenvalue weighted by Gasteiger charge is -2.17. The van der Waals surface area contributed by atoms with Gasteiger partial charge in [0.05, 0.1) is 6.61 Å². The van der Waals surface area contributed by atoms with E-state index in [1.807, 2.05) is 31.2 Å². The minimum Gasteiger partial charge on any atom is -0.490 e. The Hall–Kier alpha value is -1.42. The van der Waals surface area contributed by atoms with E-state index >= 15 is 0 Å². The van der Waals surface area contributed by atoms with Gasteiger partial charge in [0.1, 0.15) is 6.61 Å². The number of ether oxygens (including phenoxy) is 2. The predicted octanol–water partition coefficient (Wildman–Crippen LogP) is 6.11. The molecule has 0 aliphatic rings. The average molecular weight is 396 g/mol. The van der Waals surface area contributed by atoms with Crippen molar-refractivity contribution in [1.29, 1.82) is 0 Å². The molecule has 142 valence electrons. The zero-order valence-electron chi connectivity index (χ0n) is 15.6. The molecule has 3 nitrogen and oxygen atoms in total. The van der Waals surface area contributed by atoms with Crippen LogP contribution in [0.15, 0.2) is 36.4 Å². The molecular weight excluding hydrogens is 369 g/mol. The first-order valence-electron chi connectivity index (χ1n) is 9.03. The molecule has 1 N–H and O–H groups in total. The van der Waals surface area contributed by atoms with Gasteiger partial charge >= 0.3 is 0 Å². The van der Waals surface area contributed by atoms with Crippen molar-refractivity contribution in [2.45, 2.75) is 40.3 Å². The fourth-order valence-corrected chi connectivity index (χ4v) is 3.00. The maximum absolute atomic E-state index is 6.26. The first-order valence-corrected chi connectivity index (χ1v) is 9.79. The Morgan fingerprint density at radius 1 is 1.04 bits per heavy atom. The molecule has 0 saturated carbocycles. The molecule has 5 heteroatoms. The van der Waals surface area contributed by atoms with Crippen LogP contribution >= 0.6 is 23.2 Å². The summed E-state index contributed by atoms with van der Waals surface area (Å²) in [4.78, 5) is 0. The highest BCUT2D eigenvalue weighted by Crippen LogP contribution is 2.33. The summed E-state index contributed by atoms with van der Waals surface area (Å²) in [6, 6.07) is 11.4. The van der Waals surface area contributed by atoms with Gasteiger partial charge in [-0.05, 0) is 44.0 Å². The molecule has 0 unspecified atom stereocenters. The second kappa shape index (κ2) is 10.7. The highest BCUT2D eigenvalue weighted by atomic mass is 35.5. The molecule has 0 spiro atoms. The van der Waals surface area contributed by atoms with Crippen LogP contribution in [0.4, 0.5) is 0 Å². The summed E-state index contributed by atoms with van der Waals surface area (Å²) < 4.78 is 11.9. The smallest absolute Gasteiger partial charge is 0.166 e. The summed E-state index contributed by atoms with van der Waals surface area (Å²) in [5, 5.41) is 4.70. The Balaban J connectivity index is 2.12. The Morgan fingerprint density at radius 2 is 1.85 bits per heavy atom. The maximum Gasteiger partial charge on any atom is 0.166 e. The van der Waals surface area contributed by atoms with E-state index in [2.05, 4.69) is 25.2 Å². The van der Waals surface area contributed by atoms with Gasteiger partial charge in [0.15, 0.2) is 11.5 Å². The lowest BCUT2D eigenvalue weighted by molar-refractivity contribution is 0.266. The predicted molar refractivity (Wildman–Crippen MR) is 110 cm³/mol. The summed E-state index contributed by atoms with van der Waals surface area (Å²) in [5.74, 6) is 2.19. The van der Waals surface area contributed by atoms with Gasteiger partial charge in [0.2, 0.25) is 0 Å². The van der Waals surface area contributed by atoms with E-state index in [1.54, 1.807) is 6.07 Å². The third kappa shape index (κ3) is 6.39. The zero-order chi connectivity index (χ0) is 18.9. The molecule has 0 fully saturated rings. The molecule has 2 aromatic carbocycles. The molecule has 0 aliphatic carbocycles. The Bertz CT molecular complexity index is 704. The Morgan fingerprint density at radius 3 is 2.54 bits per heavy atom. The fraction of sp³-hybridized carbons (Fsp3) is 0.429. The summed E-state index contributed by atoms with van der Waals surface area (Å²) in [6.45, 7) is 9.06. The van der Waals surface area contributed by atoms with Crippen LogP contribution in [0.1, 0.15) is 38.3 Å². The lowest BCUT2D eigenvalue weighted by Crippen LogP contribution is -2.17. The van der Waals surface area contributed by atoms with Gasteiger partial charge in [0, 0.05) is 27.7 Å². The molecule has 0 atom stereocenters. The van der Waals surface area contributed by atoms with Crippen molar-refractivity contribution >= 4 is 23.2 Å². The molecule has 0 heterocycles. The number of hydrogen-bond acceptors (Lipinski definition) is 3. The molecular formula is C21H27Cl2NO2. The van der Waals surface area contributed by atoms with Crippen molar-refractivity contribution < 1.29 is 9.47 Å². The van der Waals surface area contributed by atoms with Gasteiger partial charge in [-0.15, -0.1) is 0 Å². The standard InChI is InChI=1S/C21H27Cl2NO2/c1-4-25-20-7-5-6-16(13-24-11-10-15(2)3)21(20)26-14-17-8-9-18(22)12-19(17)23/h5-9,12,15,24H,4,10-11,13-14H2,1-3H3. The quantitative estimate of drug-likeness (QED) is 0.492. The van der Waals surface area contributed by atoms with Crippen molar-refractivity contribution in [1.82, 2.24) is 5.32 Å². The van der Waals surface area contributed by atoms with Gasteiger partial charge in [-0.25, -0.2) is 0 Å². The lowest BCUT2D eigenvalue weighted by atomic mass is 10.1. The van der Waals surface area contributed by atoms with E-state index in [9.17, 15) is 0 Å². The molecule has 2 rings (SSSR count). The van der Waals surface area contributed by atoms with Crippen LogP contribution in [-0.2, 0) is 13.2 Å². The molecule has 0 aromatic heterocycles. The van der Waals surface area contributed by atoms with E-state index in [0.29, 0.717) is 29.2 Å². The Labute approximate surface area is 166 Å². The highest BCUT2D eigenvalue weighted by molar-refractivity contribution is 6.35. The van der Waals surface area contributed by atoms with Crippen molar-refractivity contribution in [2.24, 2.45) is 5.92 Å². The van der Waals surface area contributed by atoms with Crippen LogP contribution in [0.3, 0.4) is 0 Å². The summed E-state index contributed by atoms with van der Waals surface area (Å²) >= 11 is 12.2. The van der Waals surface area contributed by atoms with Gasteiger partial charge in [-0.2, -0.15) is 0 Å². The second-order valence-electron chi connectivity index (χ2n) is 6.56. The number of nitrogens with one attached hydrogen (secondary N) is 1. The van der Waals surface area contributed by atoms with Gasteiger partial charge < -0.3 is 14.8 Å². The maximum atomic E-state index is 6.26. The monoisotopic (exact) mass is 395 g/mol. The molecule has 0 radical (unpaired) electrons. The molecule has 0 saturated heterocycles. The normalized spacial score (nSPS) is 11.0. The van der Waals surface area contributed by atoms with Crippen LogP contribution in [0.25, 0.3) is 0 Å². The molecule has 0 bridgehead atoms. The number of rotatable bonds is 10. The summed E-state index contributed by atoms with van der Waals surface area (Å²) in [5.41, 5.74) is 1.96. The van der Waals surface area contributed by atoms with Crippen LogP contribution in [0.5, 0.6) is 11.5 Å². The third-order valence-corrected chi connectivity index (χ3v) is 4.55. The topological polar surface area (TPSA) is 30.5 Å². The van der Waals surface area contributed by atoms with Crippen LogP contribution in [0.2, 0.25) is 10.0 Å². The zero-order valence-corrected chi connectivity index (χ0v) is 17.2. The van der Waals surface area contributed by atoms with Gasteiger partial charge in [0.25, 0.3) is 0 Å². The van der Waals surface area contributed by atoms with E-state index < -0.39 is 0 Å². The molecule has 2 aromatic rings. The van der Waals surface area contributed by atoms with Crippen LogP contribution in [0, 0.1) is 5.92 Å². The minimum absolute atomic E-state index is 0.360. The SMILES string of the molecule is CCOc1cccc(CNCCC(C)C)c1OCc1ccc(Cl)cc1Cl. The molecule has 0 amide bonds. The van der Waals surface area contributed by atoms with Crippen molar-refractivity contribution in [3.63, 3.8) is 0 Å². The first-order chi connectivity index (χ1) is 12.5. The third-order valence-electron chi connectivity index (χ3n) is 3.96. The summed E-state index contributed by atoms with van der Waals surface area (Å²) in [7, 11) is 0. The van der Waals surface area contributed by atoms with Crippen LogP contribution < -0.4 is 14.8 Å². The van der Waals surface area contributed by atoms with Gasteiger partial charge in [-0.3, -0.25) is 0 Å². The van der Waals surface area contributed by atoms with Crippen LogP contribution in [-0.4, -0.2) is 13.2 Å². The number of para-hydroxylation sites is 1. The fourth-order valence-electron chi connectivity index (χ4n) is 2.54. The minimum atomic E-state index is 0.360. The Kier molecular flexibility index (Phi) is 8.56. The van der Waals surface area contributed by atoms with E-state index in [-0.39, 0.29) is 0 Å². The average Bonchev–Trinajstić information content (AvgIpc) is 2.59.